The van der Waals surface area contributed by atoms with E-state index in [2.05, 4.69) is 0 Å². The molecule has 0 aliphatic carbocycles. The lowest BCUT2D eigenvalue weighted by Crippen LogP contribution is -2.03. The Morgan fingerprint density at radius 1 is 1.12 bits per heavy atom. The van der Waals surface area contributed by atoms with Crippen molar-refractivity contribution in [2.45, 2.75) is 6.10 Å². The number of rotatable bonds is 2. The molecule has 2 nitrogen and oxygen atoms in total. The summed E-state index contributed by atoms with van der Waals surface area (Å²) in [7, 11) is 0. The second-order valence-corrected chi connectivity index (χ2v) is 4.16. The first-order valence-corrected chi connectivity index (χ1v) is 5.44. The van der Waals surface area contributed by atoms with E-state index in [9.17, 15) is 9.50 Å². The van der Waals surface area contributed by atoms with E-state index in [4.69, 9.17) is 17.3 Å². The van der Waals surface area contributed by atoms with Crippen molar-refractivity contribution in [3.63, 3.8) is 0 Å². The molecule has 4 heteroatoms. The van der Waals surface area contributed by atoms with Crippen molar-refractivity contribution in [3.8, 4) is 0 Å². The largest absolute Gasteiger partial charge is 0.398 e. The average molecular weight is 252 g/mol. The minimum Gasteiger partial charge on any atom is -0.398 e. The molecule has 2 aromatic rings. The quantitative estimate of drug-likeness (QED) is 0.806. The number of aliphatic hydroxyl groups is 1. The number of benzene rings is 2. The lowest BCUT2D eigenvalue weighted by molar-refractivity contribution is 0.221. The van der Waals surface area contributed by atoms with Gasteiger partial charge in [0.1, 0.15) is 11.9 Å². The van der Waals surface area contributed by atoms with Crippen molar-refractivity contribution in [1.82, 2.24) is 0 Å². The number of anilines is 1. The number of halogens is 2. The monoisotopic (exact) mass is 251 g/mol. The Hall–Kier alpha value is -1.58. The zero-order chi connectivity index (χ0) is 12.4. The van der Waals surface area contributed by atoms with Crippen LogP contribution in [0.25, 0.3) is 0 Å². The Balaban J connectivity index is 2.39. The van der Waals surface area contributed by atoms with Crippen molar-refractivity contribution in [3.05, 3.63) is 64.4 Å². The molecule has 0 aliphatic heterocycles. The van der Waals surface area contributed by atoms with Gasteiger partial charge in [-0.25, -0.2) is 4.39 Å². The number of aliphatic hydroxyl groups excluding tert-OH is 1. The molecule has 17 heavy (non-hydrogen) atoms. The molecule has 2 rings (SSSR count). The maximum Gasteiger partial charge on any atom is 0.123 e. The summed E-state index contributed by atoms with van der Waals surface area (Å²) in [6, 6.07) is 10.5. The van der Waals surface area contributed by atoms with Gasteiger partial charge in [-0.3, -0.25) is 0 Å². The van der Waals surface area contributed by atoms with E-state index in [-0.39, 0.29) is 5.82 Å². The summed E-state index contributed by atoms with van der Waals surface area (Å²) in [6.07, 6.45) is -0.908. The second kappa shape index (κ2) is 4.73. The molecular formula is C13H11ClFNO. The fourth-order valence-corrected chi connectivity index (χ4v) is 1.79. The van der Waals surface area contributed by atoms with Gasteiger partial charge < -0.3 is 10.8 Å². The number of hydrogen-bond acceptors (Lipinski definition) is 2. The van der Waals surface area contributed by atoms with E-state index in [0.29, 0.717) is 21.8 Å². The van der Waals surface area contributed by atoms with Crippen molar-refractivity contribution in [1.29, 1.82) is 0 Å². The molecule has 0 spiro atoms. The van der Waals surface area contributed by atoms with Crippen LogP contribution in [-0.4, -0.2) is 5.11 Å². The third-order valence-electron chi connectivity index (χ3n) is 2.53. The summed E-state index contributed by atoms with van der Waals surface area (Å²) in [5.74, 6) is -0.347. The molecule has 0 aliphatic rings. The second-order valence-electron chi connectivity index (χ2n) is 3.73. The molecule has 0 amide bonds. The molecule has 2 aromatic carbocycles. The van der Waals surface area contributed by atoms with Crippen LogP contribution < -0.4 is 5.73 Å². The van der Waals surface area contributed by atoms with E-state index in [1.807, 2.05) is 0 Å². The van der Waals surface area contributed by atoms with Gasteiger partial charge in [-0.15, -0.1) is 0 Å². The summed E-state index contributed by atoms with van der Waals surface area (Å²) < 4.78 is 12.8. The van der Waals surface area contributed by atoms with E-state index in [1.54, 1.807) is 18.2 Å². The van der Waals surface area contributed by atoms with E-state index < -0.39 is 6.10 Å². The lowest BCUT2D eigenvalue weighted by atomic mass is 10.00. The Labute approximate surface area is 103 Å². The number of hydrogen-bond donors (Lipinski definition) is 2. The third kappa shape index (κ3) is 2.57. The van der Waals surface area contributed by atoms with Crippen LogP contribution in [0.1, 0.15) is 17.2 Å². The number of nitrogen functional groups attached to an aromatic ring is 1. The Morgan fingerprint density at radius 2 is 1.76 bits per heavy atom. The van der Waals surface area contributed by atoms with E-state index >= 15 is 0 Å². The zero-order valence-corrected chi connectivity index (χ0v) is 9.66. The van der Waals surface area contributed by atoms with Crippen LogP contribution in [0.2, 0.25) is 5.02 Å². The van der Waals surface area contributed by atoms with Crippen LogP contribution in [0, 0.1) is 5.82 Å². The minimum absolute atomic E-state index is 0.347. The first-order valence-electron chi connectivity index (χ1n) is 5.06. The van der Waals surface area contributed by atoms with Crippen LogP contribution in [-0.2, 0) is 0 Å². The molecule has 0 saturated carbocycles. The Bertz CT molecular complexity index is 527. The summed E-state index contributed by atoms with van der Waals surface area (Å²) in [6.45, 7) is 0. The number of nitrogens with two attached hydrogens (primary N) is 1. The summed E-state index contributed by atoms with van der Waals surface area (Å²) in [5.41, 5.74) is 7.30. The molecule has 1 unspecified atom stereocenters. The van der Waals surface area contributed by atoms with Gasteiger partial charge in [0.05, 0.1) is 0 Å². The zero-order valence-electron chi connectivity index (χ0n) is 8.90. The standard InChI is InChI=1S/C13H11ClFNO/c14-9-3-6-12(16)11(7-9)13(17)8-1-4-10(15)5-2-8/h1-7,13,17H,16H2. The van der Waals surface area contributed by atoms with Gasteiger partial charge in [0.2, 0.25) is 0 Å². The average Bonchev–Trinajstić information content (AvgIpc) is 2.32. The van der Waals surface area contributed by atoms with Gasteiger partial charge in [0.25, 0.3) is 0 Å². The fourth-order valence-electron chi connectivity index (χ4n) is 1.61. The highest BCUT2D eigenvalue weighted by Crippen LogP contribution is 2.29. The maximum atomic E-state index is 12.8. The SMILES string of the molecule is Nc1ccc(Cl)cc1C(O)c1ccc(F)cc1. The van der Waals surface area contributed by atoms with Gasteiger partial charge >= 0.3 is 0 Å². The molecule has 88 valence electrons. The molecule has 0 radical (unpaired) electrons. The fraction of sp³-hybridized carbons (Fsp3) is 0.0769. The van der Waals surface area contributed by atoms with Crippen molar-refractivity contribution in [2.24, 2.45) is 0 Å². The Kier molecular flexibility index (Phi) is 3.31. The molecule has 0 bridgehead atoms. The topological polar surface area (TPSA) is 46.2 Å². The molecule has 0 saturated heterocycles. The van der Waals surface area contributed by atoms with Gasteiger partial charge in [0, 0.05) is 16.3 Å². The van der Waals surface area contributed by atoms with Gasteiger partial charge in [-0.2, -0.15) is 0 Å². The smallest absolute Gasteiger partial charge is 0.123 e. The molecule has 0 heterocycles. The predicted octanol–water partition coefficient (Wildman–Crippen LogP) is 3.14. The van der Waals surface area contributed by atoms with Gasteiger partial charge in [-0.1, -0.05) is 23.7 Å². The van der Waals surface area contributed by atoms with Crippen LogP contribution in [0.5, 0.6) is 0 Å². The third-order valence-corrected chi connectivity index (χ3v) is 2.76. The van der Waals surface area contributed by atoms with Crippen LogP contribution in [0.4, 0.5) is 10.1 Å². The molecule has 0 fully saturated rings. The van der Waals surface area contributed by atoms with Gasteiger partial charge in [-0.05, 0) is 35.9 Å². The first-order chi connectivity index (χ1) is 8.08. The maximum absolute atomic E-state index is 12.8. The van der Waals surface area contributed by atoms with Crippen molar-refractivity contribution >= 4 is 17.3 Å². The first kappa shape index (κ1) is 11.9. The summed E-state index contributed by atoms with van der Waals surface area (Å²) in [5, 5.41) is 10.6. The van der Waals surface area contributed by atoms with E-state index in [1.165, 1.54) is 24.3 Å². The molecule has 3 N–H and O–H groups in total. The van der Waals surface area contributed by atoms with Crippen LogP contribution in [0.3, 0.4) is 0 Å². The lowest BCUT2D eigenvalue weighted by Gasteiger charge is -2.14. The Morgan fingerprint density at radius 3 is 2.41 bits per heavy atom. The van der Waals surface area contributed by atoms with Gasteiger partial charge in [0.15, 0.2) is 0 Å². The highest BCUT2D eigenvalue weighted by Gasteiger charge is 2.13. The summed E-state index contributed by atoms with van der Waals surface area (Å²) >= 11 is 5.85. The van der Waals surface area contributed by atoms with Crippen molar-refractivity contribution < 1.29 is 9.50 Å². The van der Waals surface area contributed by atoms with E-state index in [0.717, 1.165) is 0 Å². The van der Waals surface area contributed by atoms with Crippen LogP contribution >= 0.6 is 11.6 Å². The highest BCUT2D eigenvalue weighted by atomic mass is 35.5. The van der Waals surface area contributed by atoms with Crippen LogP contribution in [0.15, 0.2) is 42.5 Å². The highest BCUT2D eigenvalue weighted by molar-refractivity contribution is 6.30. The normalized spacial score (nSPS) is 12.4. The molecule has 0 aromatic heterocycles. The molecular weight excluding hydrogens is 241 g/mol. The summed E-state index contributed by atoms with van der Waals surface area (Å²) in [4.78, 5) is 0. The predicted molar refractivity (Wildman–Crippen MR) is 66.3 cm³/mol. The molecule has 1 atom stereocenters. The van der Waals surface area contributed by atoms with Crippen molar-refractivity contribution in [2.75, 3.05) is 5.73 Å². The minimum atomic E-state index is -0.908.